The van der Waals surface area contributed by atoms with E-state index in [2.05, 4.69) is 4.90 Å². The molecule has 0 saturated carbocycles. The third-order valence-electron chi connectivity index (χ3n) is 3.53. The summed E-state index contributed by atoms with van der Waals surface area (Å²) in [6, 6.07) is 5.76. The molecule has 0 unspecified atom stereocenters. The summed E-state index contributed by atoms with van der Waals surface area (Å²) in [6.45, 7) is 8.88. The van der Waals surface area contributed by atoms with Gasteiger partial charge in [0.25, 0.3) is 0 Å². The lowest BCUT2D eigenvalue weighted by Crippen LogP contribution is -2.50. The first kappa shape index (κ1) is 16.9. The molecule has 1 amide bonds. The first-order valence-electron chi connectivity index (χ1n) is 7.51. The molecule has 1 aromatic carbocycles. The second-order valence-electron chi connectivity index (χ2n) is 6.43. The average molecular weight is 326 g/mol. The largest absolute Gasteiger partial charge is 0.444 e. The molecule has 2 N–H and O–H groups in total. The molecule has 0 atom stereocenters. The molecule has 1 aliphatic rings. The summed E-state index contributed by atoms with van der Waals surface area (Å²) in [5, 5.41) is 0.691. The van der Waals surface area contributed by atoms with Crippen LogP contribution in [0.2, 0.25) is 5.02 Å². The topological polar surface area (TPSA) is 58.8 Å². The van der Waals surface area contributed by atoms with E-state index in [0.29, 0.717) is 24.7 Å². The molecule has 22 heavy (non-hydrogen) atoms. The van der Waals surface area contributed by atoms with Gasteiger partial charge in [0.1, 0.15) is 5.60 Å². The average Bonchev–Trinajstić information content (AvgIpc) is 2.45. The van der Waals surface area contributed by atoms with E-state index < -0.39 is 5.60 Å². The Labute approximate surface area is 137 Å². The number of ether oxygens (including phenoxy) is 1. The maximum atomic E-state index is 12.1. The molecule has 6 heteroatoms. The van der Waals surface area contributed by atoms with E-state index in [9.17, 15) is 4.79 Å². The van der Waals surface area contributed by atoms with Crippen molar-refractivity contribution in [2.75, 3.05) is 31.1 Å². The molecule has 1 aromatic rings. The molecule has 1 heterocycles. The number of nitrogens with zero attached hydrogens (tertiary/aromatic N) is 2. The number of benzene rings is 1. The molecule has 0 spiro atoms. The van der Waals surface area contributed by atoms with Crippen LogP contribution in [0.15, 0.2) is 18.2 Å². The van der Waals surface area contributed by atoms with Crippen LogP contribution in [0, 0.1) is 0 Å². The Kier molecular flexibility index (Phi) is 5.19. The quantitative estimate of drug-likeness (QED) is 0.908. The highest BCUT2D eigenvalue weighted by Crippen LogP contribution is 2.25. The standard InChI is InChI=1S/C16H24ClN3O2/c1-16(2,3)22-15(21)20-8-6-19(7-9-20)14-5-4-13(17)10-12(14)11-18/h4-5,10H,6-9,11,18H2,1-3H3. The maximum absolute atomic E-state index is 12.1. The third kappa shape index (κ3) is 4.27. The SMILES string of the molecule is CC(C)(C)OC(=O)N1CCN(c2ccc(Cl)cc2CN)CC1. The first-order valence-corrected chi connectivity index (χ1v) is 7.89. The van der Waals surface area contributed by atoms with Gasteiger partial charge < -0.3 is 20.3 Å². The number of amides is 1. The number of anilines is 1. The van der Waals surface area contributed by atoms with E-state index in [1.807, 2.05) is 39.0 Å². The van der Waals surface area contributed by atoms with Crippen LogP contribution in [0.1, 0.15) is 26.3 Å². The third-order valence-corrected chi connectivity index (χ3v) is 3.77. The van der Waals surface area contributed by atoms with Crippen molar-refractivity contribution in [1.29, 1.82) is 0 Å². The molecule has 0 aliphatic carbocycles. The number of carbonyl (C=O) groups excluding carboxylic acids is 1. The van der Waals surface area contributed by atoms with Gasteiger partial charge in [-0.2, -0.15) is 0 Å². The number of halogens is 1. The van der Waals surface area contributed by atoms with Crippen LogP contribution < -0.4 is 10.6 Å². The van der Waals surface area contributed by atoms with E-state index in [1.54, 1.807) is 4.90 Å². The Hall–Kier alpha value is -1.46. The van der Waals surface area contributed by atoms with Crippen LogP contribution in [0.5, 0.6) is 0 Å². The highest BCUT2D eigenvalue weighted by molar-refractivity contribution is 6.30. The van der Waals surface area contributed by atoms with Gasteiger partial charge >= 0.3 is 6.09 Å². The molecular formula is C16H24ClN3O2. The Morgan fingerprint density at radius 3 is 2.45 bits per heavy atom. The summed E-state index contributed by atoms with van der Waals surface area (Å²) in [6.07, 6.45) is -0.248. The fourth-order valence-corrected chi connectivity index (χ4v) is 2.68. The van der Waals surface area contributed by atoms with Crippen molar-refractivity contribution >= 4 is 23.4 Å². The van der Waals surface area contributed by atoms with Crippen molar-refractivity contribution in [2.45, 2.75) is 32.9 Å². The summed E-state index contributed by atoms with van der Waals surface area (Å²) >= 11 is 6.02. The first-order chi connectivity index (χ1) is 10.3. The zero-order valence-electron chi connectivity index (χ0n) is 13.4. The normalized spacial score (nSPS) is 15.9. The smallest absolute Gasteiger partial charge is 0.410 e. The van der Waals surface area contributed by atoms with Gasteiger partial charge in [-0.1, -0.05) is 11.6 Å². The lowest BCUT2D eigenvalue weighted by atomic mass is 10.1. The van der Waals surface area contributed by atoms with Crippen molar-refractivity contribution in [3.05, 3.63) is 28.8 Å². The minimum absolute atomic E-state index is 0.248. The van der Waals surface area contributed by atoms with Gasteiger partial charge in [-0.05, 0) is 44.5 Å². The summed E-state index contributed by atoms with van der Waals surface area (Å²) in [5.74, 6) is 0. The van der Waals surface area contributed by atoms with Gasteiger partial charge in [-0.15, -0.1) is 0 Å². The van der Waals surface area contributed by atoms with Crippen LogP contribution in [0.25, 0.3) is 0 Å². The van der Waals surface area contributed by atoms with Crippen LogP contribution in [0.3, 0.4) is 0 Å². The lowest BCUT2D eigenvalue weighted by Gasteiger charge is -2.37. The van der Waals surface area contributed by atoms with Crippen LogP contribution in [-0.2, 0) is 11.3 Å². The number of piperazine rings is 1. The molecular weight excluding hydrogens is 302 g/mol. The fraction of sp³-hybridized carbons (Fsp3) is 0.562. The van der Waals surface area contributed by atoms with E-state index in [4.69, 9.17) is 22.1 Å². The number of hydrogen-bond donors (Lipinski definition) is 1. The molecule has 1 aliphatic heterocycles. The van der Waals surface area contributed by atoms with Crippen molar-refractivity contribution in [1.82, 2.24) is 4.90 Å². The molecule has 0 bridgehead atoms. The Balaban J connectivity index is 1.99. The van der Waals surface area contributed by atoms with Crippen molar-refractivity contribution in [3.8, 4) is 0 Å². The van der Waals surface area contributed by atoms with Crippen molar-refractivity contribution in [3.63, 3.8) is 0 Å². The molecule has 2 rings (SSSR count). The van der Waals surface area contributed by atoms with Gasteiger partial charge in [0.05, 0.1) is 0 Å². The molecule has 122 valence electrons. The Bertz CT molecular complexity index is 535. The molecule has 1 fully saturated rings. The highest BCUT2D eigenvalue weighted by atomic mass is 35.5. The highest BCUT2D eigenvalue weighted by Gasteiger charge is 2.26. The van der Waals surface area contributed by atoms with E-state index >= 15 is 0 Å². The zero-order valence-corrected chi connectivity index (χ0v) is 14.2. The zero-order chi connectivity index (χ0) is 16.3. The Morgan fingerprint density at radius 2 is 1.91 bits per heavy atom. The van der Waals surface area contributed by atoms with Crippen LogP contribution in [-0.4, -0.2) is 42.8 Å². The fourth-order valence-electron chi connectivity index (χ4n) is 2.48. The number of rotatable bonds is 2. The Morgan fingerprint density at radius 1 is 1.27 bits per heavy atom. The molecule has 5 nitrogen and oxygen atoms in total. The molecule has 1 saturated heterocycles. The van der Waals surface area contributed by atoms with Gasteiger partial charge in [0, 0.05) is 43.4 Å². The van der Waals surface area contributed by atoms with Gasteiger partial charge in [-0.3, -0.25) is 0 Å². The second kappa shape index (κ2) is 6.75. The van der Waals surface area contributed by atoms with E-state index in [1.165, 1.54) is 0 Å². The van der Waals surface area contributed by atoms with E-state index in [-0.39, 0.29) is 6.09 Å². The maximum Gasteiger partial charge on any atom is 0.410 e. The number of nitrogens with two attached hydrogens (primary N) is 1. The predicted molar refractivity (Wildman–Crippen MR) is 89.4 cm³/mol. The van der Waals surface area contributed by atoms with E-state index in [0.717, 1.165) is 24.3 Å². The van der Waals surface area contributed by atoms with Crippen molar-refractivity contribution < 1.29 is 9.53 Å². The molecule has 0 aromatic heterocycles. The lowest BCUT2D eigenvalue weighted by molar-refractivity contribution is 0.0240. The number of hydrogen-bond acceptors (Lipinski definition) is 4. The van der Waals surface area contributed by atoms with Gasteiger partial charge in [0.2, 0.25) is 0 Å². The monoisotopic (exact) mass is 325 g/mol. The van der Waals surface area contributed by atoms with Crippen molar-refractivity contribution in [2.24, 2.45) is 5.73 Å². The summed E-state index contributed by atoms with van der Waals surface area (Å²) in [4.78, 5) is 16.1. The summed E-state index contributed by atoms with van der Waals surface area (Å²) in [7, 11) is 0. The van der Waals surface area contributed by atoms with Gasteiger partial charge in [-0.25, -0.2) is 4.79 Å². The minimum atomic E-state index is -0.461. The predicted octanol–water partition coefficient (Wildman–Crippen LogP) is 2.86. The molecule has 0 radical (unpaired) electrons. The minimum Gasteiger partial charge on any atom is -0.444 e. The second-order valence-corrected chi connectivity index (χ2v) is 6.87. The van der Waals surface area contributed by atoms with Crippen LogP contribution in [0.4, 0.5) is 10.5 Å². The van der Waals surface area contributed by atoms with Gasteiger partial charge in [0.15, 0.2) is 0 Å². The van der Waals surface area contributed by atoms with Crippen LogP contribution >= 0.6 is 11.6 Å². The summed E-state index contributed by atoms with van der Waals surface area (Å²) < 4.78 is 5.41. The summed E-state index contributed by atoms with van der Waals surface area (Å²) in [5.41, 5.74) is 7.46. The number of carbonyl (C=O) groups is 1.